The number of hydrogen-bond donors (Lipinski definition) is 1. The van der Waals surface area contributed by atoms with Gasteiger partial charge in [0.1, 0.15) is 0 Å². The molecule has 1 aromatic heterocycles. The van der Waals surface area contributed by atoms with Crippen LogP contribution in [0.1, 0.15) is 17.5 Å². The average Bonchev–Trinajstić information content (AvgIpc) is 3.39. The first kappa shape index (κ1) is 26.5. The van der Waals surface area contributed by atoms with Gasteiger partial charge in [0.2, 0.25) is 5.91 Å². The quantitative estimate of drug-likeness (QED) is 0.214. The van der Waals surface area contributed by atoms with Gasteiger partial charge < -0.3 is 9.84 Å². The number of aliphatic carboxylic acids is 1. The highest BCUT2D eigenvalue weighted by Gasteiger charge is 2.29. The van der Waals surface area contributed by atoms with Gasteiger partial charge >= 0.3 is 5.97 Å². The molecule has 0 unspecified atom stereocenters. The first-order chi connectivity index (χ1) is 18.0. The van der Waals surface area contributed by atoms with Gasteiger partial charge in [-0.2, -0.15) is 0 Å². The van der Waals surface area contributed by atoms with Crippen LogP contribution in [-0.4, -0.2) is 35.1 Å². The molecule has 1 amide bonds. The largest absolute Gasteiger partial charge is 0.481 e. The SMILES string of the molecule is O=C(O)C[C@@H](Cc1ccccc1)C(=O)N(CCOCc1ccccc1)c1nc(-c2ccccc2Cl)cs1. The molecule has 4 aromatic rings. The number of ether oxygens (including phenoxy) is 1. The van der Waals surface area contributed by atoms with Crippen molar-refractivity contribution in [1.29, 1.82) is 0 Å². The van der Waals surface area contributed by atoms with E-state index in [2.05, 4.69) is 0 Å². The number of carbonyl (C=O) groups is 2. The lowest BCUT2D eigenvalue weighted by Gasteiger charge is -2.25. The van der Waals surface area contributed by atoms with Crippen molar-refractivity contribution >= 4 is 39.9 Å². The number of hydrogen-bond acceptors (Lipinski definition) is 5. The van der Waals surface area contributed by atoms with Crippen molar-refractivity contribution in [2.75, 3.05) is 18.1 Å². The topological polar surface area (TPSA) is 79.7 Å². The Kier molecular flexibility index (Phi) is 9.43. The number of carboxylic acid groups (broad SMARTS) is 1. The highest BCUT2D eigenvalue weighted by atomic mass is 35.5. The van der Waals surface area contributed by atoms with Gasteiger partial charge in [-0.3, -0.25) is 14.5 Å². The molecule has 1 N–H and O–H groups in total. The average molecular weight is 535 g/mol. The molecule has 8 heteroatoms. The third kappa shape index (κ3) is 7.49. The number of rotatable bonds is 12. The second kappa shape index (κ2) is 13.1. The Bertz CT molecular complexity index is 1310. The van der Waals surface area contributed by atoms with Gasteiger partial charge in [0.05, 0.1) is 37.8 Å². The number of carbonyl (C=O) groups excluding carboxylic acids is 1. The zero-order valence-electron chi connectivity index (χ0n) is 20.1. The summed E-state index contributed by atoms with van der Waals surface area (Å²) >= 11 is 7.69. The summed E-state index contributed by atoms with van der Waals surface area (Å²) in [6, 6.07) is 26.6. The summed E-state index contributed by atoms with van der Waals surface area (Å²) in [5.74, 6) is -2.07. The van der Waals surface area contributed by atoms with E-state index >= 15 is 0 Å². The van der Waals surface area contributed by atoms with Crippen molar-refractivity contribution in [2.45, 2.75) is 19.4 Å². The first-order valence-electron chi connectivity index (χ1n) is 11.9. The molecular formula is C29H27ClN2O4S. The maximum Gasteiger partial charge on any atom is 0.304 e. The van der Waals surface area contributed by atoms with Crippen LogP contribution in [0.4, 0.5) is 5.13 Å². The molecule has 0 bridgehead atoms. The Morgan fingerprint density at radius 2 is 1.59 bits per heavy atom. The van der Waals surface area contributed by atoms with Gasteiger partial charge in [-0.05, 0) is 23.6 Å². The summed E-state index contributed by atoms with van der Waals surface area (Å²) in [4.78, 5) is 31.7. The lowest BCUT2D eigenvalue weighted by molar-refractivity contribution is -0.140. The highest BCUT2D eigenvalue weighted by molar-refractivity contribution is 7.14. The van der Waals surface area contributed by atoms with Crippen molar-refractivity contribution in [3.05, 3.63) is 106 Å². The number of anilines is 1. The highest BCUT2D eigenvalue weighted by Crippen LogP contribution is 2.32. The van der Waals surface area contributed by atoms with Gasteiger partial charge in [-0.15, -0.1) is 11.3 Å². The van der Waals surface area contributed by atoms with Gasteiger partial charge in [-0.1, -0.05) is 90.5 Å². The van der Waals surface area contributed by atoms with E-state index in [1.807, 2.05) is 84.2 Å². The molecule has 190 valence electrons. The van der Waals surface area contributed by atoms with E-state index in [4.69, 9.17) is 21.3 Å². The second-order valence-electron chi connectivity index (χ2n) is 8.51. The fourth-order valence-electron chi connectivity index (χ4n) is 3.98. The number of halogens is 1. The van der Waals surface area contributed by atoms with Crippen LogP contribution < -0.4 is 4.90 Å². The molecular weight excluding hydrogens is 508 g/mol. The molecule has 37 heavy (non-hydrogen) atoms. The maximum absolute atomic E-state index is 13.8. The van der Waals surface area contributed by atoms with Gasteiger partial charge in [-0.25, -0.2) is 4.98 Å². The lowest BCUT2D eigenvalue weighted by atomic mass is 9.95. The minimum Gasteiger partial charge on any atom is -0.481 e. The lowest BCUT2D eigenvalue weighted by Crippen LogP contribution is -2.40. The summed E-state index contributed by atoms with van der Waals surface area (Å²) in [7, 11) is 0. The van der Waals surface area contributed by atoms with Crippen molar-refractivity contribution in [2.24, 2.45) is 5.92 Å². The minimum absolute atomic E-state index is 0.242. The van der Waals surface area contributed by atoms with Gasteiger partial charge in [0, 0.05) is 16.0 Å². The molecule has 0 aliphatic rings. The van der Waals surface area contributed by atoms with Crippen LogP contribution in [0.3, 0.4) is 0 Å². The normalized spacial score (nSPS) is 11.7. The van der Waals surface area contributed by atoms with Crippen LogP contribution in [0.5, 0.6) is 0 Å². The molecule has 4 rings (SSSR count). The predicted octanol–water partition coefficient (Wildman–Crippen LogP) is 6.35. The number of thiazole rings is 1. The fraction of sp³-hybridized carbons (Fsp3) is 0.207. The smallest absolute Gasteiger partial charge is 0.304 e. The molecule has 0 radical (unpaired) electrons. The standard InChI is InChI=1S/C29H27ClN2O4S/c30-25-14-8-7-13-24(25)26-20-37-29(31-26)32(15-16-36-19-22-11-5-2-6-12-22)28(35)23(18-27(33)34)17-21-9-3-1-4-10-21/h1-14,20,23H,15-19H2,(H,33,34)/t23-/m1/s1. The van der Waals surface area contributed by atoms with E-state index in [-0.39, 0.29) is 25.5 Å². The number of aromatic nitrogens is 1. The van der Waals surface area contributed by atoms with E-state index in [1.54, 1.807) is 11.0 Å². The summed E-state index contributed by atoms with van der Waals surface area (Å²) in [6.07, 6.45) is 0.0357. The Balaban J connectivity index is 1.57. The first-order valence-corrected chi connectivity index (χ1v) is 13.2. The van der Waals surface area contributed by atoms with Gasteiger partial charge in [0.15, 0.2) is 5.13 Å². The molecule has 0 aliphatic heterocycles. The molecule has 1 atom stereocenters. The van der Waals surface area contributed by atoms with Crippen molar-refractivity contribution in [1.82, 2.24) is 4.98 Å². The molecule has 0 saturated carbocycles. The Morgan fingerprint density at radius 1 is 0.946 bits per heavy atom. The van der Waals surface area contributed by atoms with E-state index < -0.39 is 11.9 Å². The minimum atomic E-state index is -1.02. The molecule has 1 heterocycles. The Morgan fingerprint density at radius 3 is 2.27 bits per heavy atom. The third-order valence-electron chi connectivity index (χ3n) is 5.80. The molecule has 0 aliphatic carbocycles. The molecule has 6 nitrogen and oxygen atoms in total. The van der Waals surface area contributed by atoms with Crippen LogP contribution in [0, 0.1) is 5.92 Å². The number of carboxylic acids is 1. The van der Waals surface area contributed by atoms with Crippen LogP contribution in [-0.2, 0) is 27.4 Å². The third-order valence-corrected chi connectivity index (χ3v) is 7.00. The Labute approximate surface area is 225 Å². The van der Waals surface area contributed by atoms with Gasteiger partial charge in [0.25, 0.3) is 0 Å². The summed E-state index contributed by atoms with van der Waals surface area (Å²) in [6.45, 7) is 0.924. The Hall–Kier alpha value is -3.52. The monoisotopic (exact) mass is 534 g/mol. The van der Waals surface area contributed by atoms with E-state index in [9.17, 15) is 14.7 Å². The number of benzene rings is 3. The predicted molar refractivity (Wildman–Crippen MR) is 147 cm³/mol. The molecule has 0 fully saturated rings. The van der Waals surface area contributed by atoms with Crippen LogP contribution in [0.15, 0.2) is 90.3 Å². The maximum atomic E-state index is 13.8. The molecule has 0 spiro atoms. The summed E-state index contributed by atoms with van der Waals surface area (Å²) in [5, 5.41) is 12.5. The summed E-state index contributed by atoms with van der Waals surface area (Å²) in [5.41, 5.74) is 3.36. The molecule has 3 aromatic carbocycles. The van der Waals surface area contributed by atoms with Crippen LogP contribution >= 0.6 is 22.9 Å². The number of amides is 1. The van der Waals surface area contributed by atoms with Crippen LogP contribution in [0.2, 0.25) is 5.02 Å². The molecule has 0 saturated heterocycles. The number of nitrogens with zero attached hydrogens (tertiary/aromatic N) is 2. The van der Waals surface area contributed by atoms with E-state index in [0.29, 0.717) is 28.9 Å². The zero-order chi connectivity index (χ0) is 26.0. The second-order valence-corrected chi connectivity index (χ2v) is 9.75. The van der Waals surface area contributed by atoms with Crippen molar-refractivity contribution in [3.63, 3.8) is 0 Å². The zero-order valence-corrected chi connectivity index (χ0v) is 21.7. The fourth-order valence-corrected chi connectivity index (χ4v) is 5.07. The summed E-state index contributed by atoms with van der Waals surface area (Å²) < 4.78 is 5.86. The van der Waals surface area contributed by atoms with Crippen LogP contribution in [0.25, 0.3) is 11.3 Å². The van der Waals surface area contributed by atoms with Crippen molar-refractivity contribution in [3.8, 4) is 11.3 Å². The van der Waals surface area contributed by atoms with E-state index in [1.165, 1.54) is 11.3 Å². The van der Waals surface area contributed by atoms with Crippen molar-refractivity contribution < 1.29 is 19.4 Å². The van der Waals surface area contributed by atoms with E-state index in [0.717, 1.165) is 16.7 Å².